The van der Waals surface area contributed by atoms with Crippen molar-refractivity contribution in [1.29, 1.82) is 0 Å². The summed E-state index contributed by atoms with van der Waals surface area (Å²) in [4.78, 5) is 29.2. The maximum atomic E-state index is 14.0. The largest absolute Gasteiger partial charge is 0.342 e. The van der Waals surface area contributed by atoms with Gasteiger partial charge in [-0.2, -0.15) is 0 Å². The van der Waals surface area contributed by atoms with Crippen LogP contribution in [-0.4, -0.2) is 46.5 Å². The van der Waals surface area contributed by atoms with Crippen LogP contribution in [0.3, 0.4) is 0 Å². The molecule has 5 rings (SSSR count). The highest BCUT2D eigenvalue weighted by Crippen LogP contribution is 2.47. The van der Waals surface area contributed by atoms with Crippen LogP contribution in [0.1, 0.15) is 47.6 Å². The molecule has 2 atom stereocenters. The molecule has 5 nitrogen and oxygen atoms in total. The predicted octanol–water partition coefficient (Wildman–Crippen LogP) is 3.80. The normalized spacial score (nSPS) is 24.7. The van der Waals surface area contributed by atoms with Crippen molar-refractivity contribution >= 4 is 11.8 Å². The third kappa shape index (κ3) is 3.29. The Morgan fingerprint density at radius 1 is 1.00 bits per heavy atom. The van der Waals surface area contributed by atoms with E-state index in [9.17, 15) is 22.8 Å². The molecule has 1 spiro atoms. The number of carbonyl (C=O) groups excluding carboxylic acids is 2. The van der Waals surface area contributed by atoms with Crippen molar-refractivity contribution in [3.63, 3.8) is 0 Å². The van der Waals surface area contributed by atoms with Crippen LogP contribution in [0.2, 0.25) is 0 Å². The van der Waals surface area contributed by atoms with Gasteiger partial charge in [-0.15, -0.1) is 0 Å². The zero-order valence-electron chi connectivity index (χ0n) is 16.7. The second-order valence-electron chi connectivity index (χ2n) is 8.34. The number of carbonyl (C=O) groups is 2. The predicted molar refractivity (Wildman–Crippen MR) is 104 cm³/mol. The zero-order valence-corrected chi connectivity index (χ0v) is 16.7. The number of rotatable bonds is 2. The fourth-order valence-corrected chi connectivity index (χ4v) is 4.99. The van der Waals surface area contributed by atoms with Gasteiger partial charge in [-0.1, -0.05) is 12.1 Å². The molecule has 2 unspecified atom stereocenters. The fourth-order valence-electron chi connectivity index (χ4n) is 4.99. The molecule has 0 N–H and O–H groups in total. The Bertz CT molecular complexity index is 1050. The van der Waals surface area contributed by atoms with E-state index in [1.165, 1.54) is 17.0 Å². The summed E-state index contributed by atoms with van der Waals surface area (Å²) in [6.07, 6.45) is 1.53. The first kappa shape index (κ1) is 20.1. The molecule has 31 heavy (non-hydrogen) atoms. The van der Waals surface area contributed by atoms with Crippen LogP contribution in [-0.2, 0) is 9.53 Å². The minimum atomic E-state index is -1.03. The Morgan fingerprint density at radius 2 is 1.74 bits per heavy atom. The summed E-state index contributed by atoms with van der Waals surface area (Å²) in [6, 6.07) is 8.79. The zero-order chi connectivity index (χ0) is 21.8. The lowest BCUT2D eigenvalue weighted by molar-refractivity contribution is -0.142. The van der Waals surface area contributed by atoms with Gasteiger partial charge in [0.1, 0.15) is 23.7 Å². The van der Waals surface area contributed by atoms with Gasteiger partial charge in [-0.3, -0.25) is 9.59 Å². The van der Waals surface area contributed by atoms with Gasteiger partial charge in [0.25, 0.3) is 11.8 Å². The molecule has 162 valence electrons. The summed E-state index contributed by atoms with van der Waals surface area (Å²) in [5.74, 6) is -2.56. The number of likely N-dealkylation sites (tertiary alicyclic amines) is 1. The van der Waals surface area contributed by atoms with Gasteiger partial charge in [0.05, 0.1) is 11.6 Å². The third-order valence-electron chi connectivity index (χ3n) is 6.57. The molecule has 3 saturated heterocycles. The van der Waals surface area contributed by atoms with Crippen molar-refractivity contribution in [2.75, 3.05) is 13.1 Å². The quantitative estimate of drug-likeness (QED) is 0.728. The highest BCUT2D eigenvalue weighted by molar-refractivity contribution is 5.95. The molecule has 3 aliphatic rings. The third-order valence-corrected chi connectivity index (χ3v) is 6.57. The molecule has 0 saturated carbocycles. The molecule has 0 radical (unpaired) electrons. The number of nitrogens with zero attached hydrogens (tertiary/aromatic N) is 2. The Morgan fingerprint density at radius 3 is 2.48 bits per heavy atom. The number of fused-ring (bicyclic) bond motifs is 1. The average molecular weight is 430 g/mol. The Hall–Kier alpha value is -2.87. The number of piperidine rings is 1. The van der Waals surface area contributed by atoms with Gasteiger partial charge in [0.2, 0.25) is 0 Å². The lowest BCUT2D eigenvalue weighted by Crippen LogP contribution is -2.51. The molecule has 2 aromatic carbocycles. The van der Waals surface area contributed by atoms with E-state index in [-0.39, 0.29) is 55.5 Å². The summed E-state index contributed by atoms with van der Waals surface area (Å²) in [6.45, 7) is 0.400. The van der Waals surface area contributed by atoms with E-state index in [0.29, 0.717) is 12.8 Å². The van der Waals surface area contributed by atoms with Gasteiger partial charge < -0.3 is 14.5 Å². The summed E-state index contributed by atoms with van der Waals surface area (Å²) < 4.78 is 47.4. The number of hydrogen-bond acceptors (Lipinski definition) is 3. The topological polar surface area (TPSA) is 49.9 Å². The van der Waals surface area contributed by atoms with E-state index in [1.54, 1.807) is 11.0 Å². The fraction of sp³-hybridized carbons (Fsp3) is 0.391. The van der Waals surface area contributed by atoms with E-state index in [1.807, 2.05) is 6.07 Å². The highest BCUT2D eigenvalue weighted by Gasteiger charge is 2.58. The maximum absolute atomic E-state index is 14.0. The van der Waals surface area contributed by atoms with E-state index in [2.05, 4.69) is 0 Å². The van der Waals surface area contributed by atoms with Gasteiger partial charge in [-0.25, -0.2) is 13.2 Å². The number of halogens is 3. The van der Waals surface area contributed by atoms with Gasteiger partial charge in [-0.05, 0) is 48.7 Å². The van der Waals surface area contributed by atoms with E-state index >= 15 is 0 Å². The number of benzene rings is 2. The smallest absolute Gasteiger partial charge is 0.257 e. The first-order valence-electron chi connectivity index (χ1n) is 10.4. The van der Waals surface area contributed by atoms with E-state index in [4.69, 9.17) is 4.74 Å². The molecule has 3 heterocycles. The Labute approximate surface area is 177 Å². The summed E-state index contributed by atoms with van der Waals surface area (Å²) in [5, 5.41) is 0. The van der Waals surface area contributed by atoms with Gasteiger partial charge in [0, 0.05) is 25.9 Å². The first-order valence-corrected chi connectivity index (χ1v) is 10.4. The minimum Gasteiger partial charge on any atom is -0.342 e. The molecule has 3 fully saturated rings. The van der Waals surface area contributed by atoms with Crippen LogP contribution in [0.5, 0.6) is 0 Å². The first-order chi connectivity index (χ1) is 14.9. The SMILES string of the molecule is O=C(c1cc(F)ccc1F)N1CCC2(CC1)OC1CCC(c3cccc(F)c3)N1C2=O. The summed E-state index contributed by atoms with van der Waals surface area (Å²) in [7, 11) is 0. The van der Waals surface area contributed by atoms with Crippen LogP contribution >= 0.6 is 0 Å². The monoisotopic (exact) mass is 430 g/mol. The second-order valence-corrected chi connectivity index (χ2v) is 8.34. The van der Waals surface area contributed by atoms with Crippen LogP contribution in [0.4, 0.5) is 13.2 Å². The van der Waals surface area contributed by atoms with Crippen molar-refractivity contribution in [2.24, 2.45) is 0 Å². The maximum Gasteiger partial charge on any atom is 0.257 e. The molecule has 0 aromatic heterocycles. The Balaban J connectivity index is 1.31. The molecule has 0 aliphatic carbocycles. The second kappa shape index (κ2) is 7.37. The molecular formula is C23H21F3N2O3. The molecule has 0 bridgehead atoms. The van der Waals surface area contributed by atoms with Gasteiger partial charge >= 0.3 is 0 Å². The summed E-state index contributed by atoms with van der Waals surface area (Å²) in [5.41, 5.74) is -0.611. The van der Waals surface area contributed by atoms with Crippen LogP contribution in [0.15, 0.2) is 42.5 Å². The number of amides is 2. The lowest BCUT2D eigenvalue weighted by Gasteiger charge is -2.37. The molecule has 2 aromatic rings. The summed E-state index contributed by atoms with van der Waals surface area (Å²) >= 11 is 0. The van der Waals surface area contributed by atoms with Crippen molar-refractivity contribution in [1.82, 2.24) is 9.80 Å². The Kier molecular flexibility index (Phi) is 4.77. The highest BCUT2D eigenvalue weighted by atomic mass is 19.1. The van der Waals surface area contributed by atoms with Crippen molar-refractivity contribution in [3.8, 4) is 0 Å². The van der Waals surface area contributed by atoms with E-state index < -0.39 is 23.1 Å². The van der Waals surface area contributed by atoms with Crippen molar-refractivity contribution < 1.29 is 27.5 Å². The van der Waals surface area contributed by atoms with Crippen molar-refractivity contribution in [2.45, 2.75) is 43.6 Å². The van der Waals surface area contributed by atoms with Crippen molar-refractivity contribution in [3.05, 3.63) is 71.0 Å². The van der Waals surface area contributed by atoms with Crippen LogP contribution in [0, 0.1) is 17.5 Å². The van der Waals surface area contributed by atoms with Crippen LogP contribution < -0.4 is 0 Å². The molecule has 3 aliphatic heterocycles. The number of hydrogen-bond donors (Lipinski definition) is 0. The van der Waals surface area contributed by atoms with Gasteiger partial charge in [0.15, 0.2) is 5.60 Å². The van der Waals surface area contributed by atoms with E-state index in [0.717, 1.165) is 23.8 Å². The minimum absolute atomic E-state index is 0.145. The molecular weight excluding hydrogens is 409 g/mol. The molecule has 2 amide bonds. The number of ether oxygens (including phenoxy) is 1. The van der Waals surface area contributed by atoms with Crippen LogP contribution in [0.25, 0.3) is 0 Å². The molecule has 8 heteroatoms. The standard InChI is InChI=1S/C23H21F3N2O3/c24-15-3-1-2-14(12-15)19-6-7-20-28(19)22(30)23(31-20)8-10-27(11-9-23)21(29)17-13-16(25)4-5-18(17)26/h1-5,12-13,19-20H,6-11H2. The average Bonchev–Trinajstić information content (AvgIpc) is 3.28. The lowest BCUT2D eigenvalue weighted by atomic mass is 9.89.